The third kappa shape index (κ3) is 3.67. The lowest BCUT2D eigenvalue weighted by Gasteiger charge is -2.19. The monoisotopic (exact) mass is 261 g/mol. The van der Waals surface area contributed by atoms with Gasteiger partial charge in [-0.05, 0) is 43.4 Å². The van der Waals surface area contributed by atoms with Crippen molar-refractivity contribution in [3.05, 3.63) is 24.4 Å². The number of likely N-dealkylation sites (tertiary alicyclic amines) is 1. The normalized spacial score (nSPS) is 27.8. The van der Waals surface area contributed by atoms with E-state index in [0.717, 1.165) is 37.4 Å². The number of hydrogen-bond donors (Lipinski definition) is 1. The Labute approximate surface area is 115 Å². The minimum atomic E-state index is 0.754. The molecule has 3 heterocycles. The van der Waals surface area contributed by atoms with Crippen molar-refractivity contribution in [2.75, 3.05) is 44.7 Å². The van der Waals surface area contributed by atoms with Gasteiger partial charge in [-0.1, -0.05) is 6.07 Å². The topological polar surface area (TPSA) is 37.4 Å². The first-order valence-electron chi connectivity index (χ1n) is 7.35. The van der Waals surface area contributed by atoms with Gasteiger partial charge in [-0.15, -0.1) is 0 Å². The fourth-order valence-electron chi connectivity index (χ4n) is 3.05. The van der Waals surface area contributed by atoms with Crippen molar-refractivity contribution in [1.29, 1.82) is 0 Å². The number of nitrogens with one attached hydrogen (secondary N) is 1. The molecular formula is C15H23N3O. The van der Waals surface area contributed by atoms with Crippen molar-refractivity contribution >= 4 is 5.82 Å². The summed E-state index contributed by atoms with van der Waals surface area (Å²) in [6, 6.07) is 6.01. The summed E-state index contributed by atoms with van der Waals surface area (Å²) in [5, 5.41) is 3.44. The Morgan fingerprint density at radius 1 is 1.32 bits per heavy atom. The first-order chi connectivity index (χ1) is 9.40. The van der Waals surface area contributed by atoms with Gasteiger partial charge in [0.2, 0.25) is 0 Å². The summed E-state index contributed by atoms with van der Waals surface area (Å²) in [7, 11) is 0. The van der Waals surface area contributed by atoms with E-state index in [1.54, 1.807) is 0 Å². The predicted molar refractivity (Wildman–Crippen MR) is 76.2 cm³/mol. The molecule has 4 nitrogen and oxygen atoms in total. The largest absolute Gasteiger partial charge is 0.381 e. The maximum atomic E-state index is 5.45. The minimum Gasteiger partial charge on any atom is -0.381 e. The molecule has 2 aliphatic heterocycles. The van der Waals surface area contributed by atoms with E-state index >= 15 is 0 Å². The number of anilines is 1. The van der Waals surface area contributed by atoms with Crippen LogP contribution in [0.25, 0.3) is 0 Å². The van der Waals surface area contributed by atoms with E-state index in [9.17, 15) is 0 Å². The van der Waals surface area contributed by atoms with Crippen LogP contribution >= 0.6 is 0 Å². The van der Waals surface area contributed by atoms with Crippen LogP contribution in [0.15, 0.2) is 24.4 Å². The van der Waals surface area contributed by atoms with Gasteiger partial charge >= 0.3 is 0 Å². The molecule has 104 valence electrons. The van der Waals surface area contributed by atoms with Gasteiger partial charge in [0.1, 0.15) is 5.82 Å². The number of nitrogens with zero attached hydrogens (tertiary/aromatic N) is 2. The number of rotatable bonds is 5. The van der Waals surface area contributed by atoms with Crippen LogP contribution in [0.2, 0.25) is 0 Å². The Hall–Kier alpha value is -1.13. The van der Waals surface area contributed by atoms with Gasteiger partial charge < -0.3 is 15.0 Å². The summed E-state index contributed by atoms with van der Waals surface area (Å²) in [4.78, 5) is 6.90. The second kappa shape index (κ2) is 6.35. The van der Waals surface area contributed by atoms with Crippen LogP contribution in [0.3, 0.4) is 0 Å². The molecule has 0 aliphatic carbocycles. The van der Waals surface area contributed by atoms with E-state index in [-0.39, 0.29) is 0 Å². The zero-order chi connectivity index (χ0) is 12.9. The molecule has 2 fully saturated rings. The van der Waals surface area contributed by atoms with E-state index < -0.39 is 0 Å². The van der Waals surface area contributed by atoms with Gasteiger partial charge in [-0.3, -0.25) is 0 Å². The highest BCUT2D eigenvalue weighted by atomic mass is 16.5. The zero-order valence-electron chi connectivity index (χ0n) is 11.4. The molecule has 1 N–H and O–H groups in total. The maximum Gasteiger partial charge on any atom is 0.125 e. The van der Waals surface area contributed by atoms with Crippen molar-refractivity contribution in [3.8, 4) is 0 Å². The molecule has 3 rings (SSSR count). The Morgan fingerprint density at radius 2 is 2.32 bits per heavy atom. The van der Waals surface area contributed by atoms with E-state index in [1.807, 2.05) is 24.4 Å². The van der Waals surface area contributed by atoms with E-state index in [0.29, 0.717) is 0 Å². The molecule has 1 aromatic rings. The van der Waals surface area contributed by atoms with Gasteiger partial charge in [-0.25, -0.2) is 4.98 Å². The smallest absolute Gasteiger partial charge is 0.125 e. The highest BCUT2D eigenvalue weighted by Gasteiger charge is 2.26. The lowest BCUT2D eigenvalue weighted by molar-refractivity contribution is 0.173. The molecule has 0 bridgehead atoms. The molecule has 4 heteroatoms. The van der Waals surface area contributed by atoms with Crippen LogP contribution < -0.4 is 5.32 Å². The third-order valence-corrected chi connectivity index (χ3v) is 4.15. The molecule has 2 atom stereocenters. The molecule has 2 saturated heterocycles. The standard InChI is InChI=1S/C15H23N3O/c1-2-6-16-15(3-1)17-9-13-4-7-18(10-13)11-14-5-8-19-12-14/h1-3,6,13-14H,4-5,7-12H2,(H,16,17)/t13-,14+/m0/s1. The minimum absolute atomic E-state index is 0.754. The van der Waals surface area contributed by atoms with Gasteiger partial charge in [0.15, 0.2) is 0 Å². The van der Waals surface area contributed by atoms with Crippen molar-refractivity contribution in [1.82, 2.24) is 9.88 Å². The number of pyridine rings is 1. The molecule has 0 unspecified atom stereocenters. The van der Waals surface area contributed by atoms with E-state index in [2.05, 4.69) is 15.2 Å². The SMILES string of the molecule is c1ccc(NC[C@@H]2CCN(C[C@H]3CCOC3)C2)nc1. The van der Waals surface area contributed by atoms with E-state index in [1.165, 1.54) is 32.5 Å². The van der Waals surface area contributed by atoms with Crippen LogP contribution in [0.1, 0.15) is 12.8 Å². The fraction of sp³-hybridized carbons (Fsp3) is 0.667. The molecule has 19 heavy (non-hydrogen) atoms. The number of hydrogen-bond acceptors (Lipinski definition) is 4. The fourth-order valence-corrected chi connectivity index (χ4v) is 3.05. The second-order valence-electron chi connectivity index (χ2n) is 5.74. The van der Waals surface area contributed by atoms with Crippen LogP contribution in [0.4, 0.5) is 5.82 Å². The molecular weight excluding hydrogens is 238 g/mol. The lowest BCUT2D eigenvalue weighted by atomic mass is 10.1. The van der Waals surface area contributed by atoms with E-state index in [4.69, 9.17) is 4.74 Å². The number of aromatic nitrogens is 1. The van der Waals surface area contributed by atoms with Crippen molar-refractivity contribution in [2.24, 2.45) is 11.8 Å². The summed E-state index contributed by atoms with van der Waals surface area (Å²) >= 11 is 0. The molecule has 0 spiro atoms. The Kier molecular flexibility index (Phi) is 4.30. The average molecular weight is 261 g/mol. The first kappa shape index (κ1) is 12.9. The summed E-state index contributed by atoms with van der Waals surface area (Å²) in [6.07, 6.45) is 4.38. The Bertz CT molecular complexity index is 378. The van der Waals surface area contributed by atoms with Crippen molar-refractivity contribution in [3.63, 3.8) is 0 Å². The molecule has 0 aromatic carbocycles. The molecule has 0 saturated carbocycles. The van der Waals surface area contributed by atoms with Gasteiger partial charge in [-0.2, -0.15) is 0 Å². The second-order valence-corrected chi connectivity index (χ2v) is 5.74. The summed E-state index contributed by atoms with van der Waals surface area (Å²) < 4.78 is 5.45. The molecule has 1 aromatic heterocycles. The first-order valence-corrected chi connectivity index (χ1v) is 7.35. The van der Waals surface area contributed by atoms with Gasteiger partial charge in [0.25, 0.3) is 0 Å². The van der Waals surface area contributed by atoms with Crippen LogP contribution in [-0.2, 0) is 4.74 Å². The highest BCUT2D eigenvalue weighted by molar-refractivity contribution is 5.33. The van der Waals surface area contributed by atoms with Crippen molar-refractivity contribution < 1.29 is 4.74 Å². The Balaban J connectivity index is 1.39. The Morgan fingerprint density at radius 3 is 3.11 bits per heavy atom. The highest BCUT2D eigenvalue weighted by Crippen LogP contribution is 2.21. The molecule has 0 radical (unpaired) electrons. The predicted octanol–water partition coefficient (Wildman–Crippen LogP) is 1.85. The summed E-state index contributed by atoms with van der Waals surface area (Å²) in [5.74, 6) is 2.51. The number of ether oxygens (including phenoxy) is 1. The van der Waals surface area contributed by atoms with Gasteiger partial charge in [0.05, 0.1) is 6.61 Å². The quantitative estimate of drug-likeness (QED) is 0.878. The van der Waals surface area contributed by atoms with Crippen LogP contribution in [0.5, 0.6) is 0 Å². The molecule has 0 amide bonds. The zero-order valence-corrected chi connectivity index (χ0v) is 11.4. The third-order valence-electron chi connectivity index (χ3n) is 4.15. The van der Waals surface area contributed by atoms with Crippen LogP contribution in [-0.4, -0.2) is 49.3 Å². The van der Waals surface area contributed by atoms with Crippen LogP contribution in [0, 0.1) is 11.8 Å². The molecule has 2 aliphatic rings. The van der Waals surface area contributed by atoms with Crippen molar-refractivity contribution in [2.45, 2.75) is 12.8 Å². The average Bonchev–Trinajstić information content (AvgIpc) is 3.10. The lowest BCUT2D eigenvalue weighted by Crippen LogP contribution is -2.28. The summed E-state index contributed by atoms with van der Waals surface area (Å²) in [5.41, 5.74) is 0. The maximum absolute atomic E-state index is 5.45. The van der Waals surface area contributed by atoms with Gasteiger partial charge in [0, 0.05) is 32.4 Å². The summed E-state index contributed by atoms with van der Waals surface area (Å²) in [6.45, 7) is 6.65.